The maximum atomic E-state index is 6.10. The molecule has 10 heavy (non-hydrogen) atoms. The summed E-state index contributed by atoms with van der Waals surface area (Å²) < 4.78 is 0. The van der Waals surface area contributed by atoms with E-state index in [0.717, 1.165) is 13.0 Å². The van der Waals surface area contributed by atoms with E-state index in [1.807, 2.05) is 0 Å². The molecule has 1 fully saturated rings. The lowest BCUT2D eigenvalue weighted by Crippen LogP contribution is -2.55. The first kappa shape index (κ1) is 8.02. The predicted octanol–water partition coefficient (Wildman–Crippen LogP) is 1.07. The average Bonchev–Trinajstić information content (AvgIpc) is 2.15. The summed E-state index contributed by atoms with van der Waals surface area (Å²) in [6.07, 6.45) is 3.70. The van der Waals surface area contributed by atoms with Crippen LogP contribution < -0.4 is 11.1 Å². The zero-order valence-electron chi connectivity index (χ0n) is 6.98. The Labute approximate surface area is 63.2 Å². The van der Waals surface area contributed by atoms with Crippen LogP contribution in [-0.2, 0) is 0 Å². The summed E-state index contributed by atoms with van der Waals surface area (Å²) in [6.45, 7) is 5.33. The van der Waals surface area contributed by atoms with Crippen molar-refractivity contribution in [3.05, 3.63) is 0 Å². The Morgan fingerprint density at radius 1 is 1.70 bits per heavy atom. The van der Waals surface area contributed by atoms with Gasteiger partial charge in [0.1, 0.15) is 0 Å². The molecule has 2 nitrogen and oxygen atoms in total. The van der Waals surface area contributed by atoms with Crippen LogP contribution in [0.1, 0.15) is 33.1 Å². The van der Waals surface area contributed by atoms with Gasteiger partial charge in [0.15, 0.2) is 0 Å². The second kappa shape index (κ2) is 2.89. The van der Waals surface area contributed by atoms with Gasteiger partial charge in [-0.25, -0.2) is 0 Å². The van der Waals surface area contributed by atoms with Gasteiger partial charge in [-0.05, 0) is 31.7 Å². The van der Waals surface area contributed by atoms with E-state index in [2.05, 4.69) is 19.2 Å². The molecule has 1 saturated carbocycles. The largest absolute Gasteiger partial charge is 0.313 e. The molecule has 0 aromatic heterocycles. The molecule has 0 amide bonds. The van der Waals surface area contributed by atoms with Crippen molar-refractivity contribution in [1.29, 1.82) is 0 Å². The molecule has 0 aromatic carbocycles. The van der Waals surface area contributed by atoms with Crippen molar-refractivity contribution in [2.45, 2.75) is 38.8 Å². The highest BCUT2D eigenvalue weighted by molar-refractivity contribution is 4.91. The van der Waals surface area contributed by atoms with E-state index in [9.17, 15) is 0 Å². The van der Waals surface area contributed by atoms with Crippen molar-refractivity contribution in [2.75, 3.05) is 6.54 Å². The van der Waals surface area contributed by atoms with Gasteiger partial charge in [-0.2, -0.15) is 0 Å². The van der Waals surface area contributed by atoms with Crippen molar-refractivity contribution in [3.8, 4) is 0 Å². The Balaban J connectivity index is 2.48. The molecule has 2 unspecified atom stereocenters. The van der Waals surface area contributed by atoms with Crippen molar-refractivity contribution in [1.82, 2.24) is 5.32 Å². The van der Waals surface area contributed by atoms with Gasteiger partial charge in [0.05, 0.1) is 5.66 Å². The standard InChI is InChI=1S/C8H18N2/c1-3-10-8(9)6-4-5-7(8)2/h7,10H,3-6,9H2,1-2H3. The quantitative estimate of drug-likeness (QED) is 0.566. The predicted molar refractivity (Wildman–Crippen MR) is 43.6 cm³/mol. The molecular weight excluding hydrogens is 124 g/mol. The fraction of sp³-hybridized carbons (Fsp3) is 1.00. The highest BCUT2D eigenvalue weighted by Gasteiger charge is 2.35. The second-order valence-corrected chi connectivity index (χ2v) is 3.36. The summed E-state index contributed by atoms with van der Waals surface area (Å²) in [5, 5.41) is 3.35. The SMILES string of the molecule is CCNC1(N)CCCC1C. The van der Waals surface area contributed by atoms with E-state index in [4.69, 9.17) is 5.73 Å². The highest BCUT2D eigenvalue weighted by Crippen LogP contribution is 2.30. The maximum Gasteiger partial charge on any atom is 0.0688 e. The number of hydrogen-bond acceptors (Lipinski definition) is 2. The van der Waals surface area contributed by atoms with Crippen LogP contribution in [0, 0.1) is 5.92 Å². The van der Waals surface area contributed by atoms with Gasteiger partial charge < -0.3 is 5.73 Å². The fourth-order valence-electron chi connectivity index (χ4n) is 1.80. The molecule has 0 aliphatic heterocycles. The Bertz CT molecular complexity index is 114. The summed E-state index contributed by atoms with van der Waals surface area (Å²) in [7, 11) is 0. The number of nitrogens with one attached hydrogen (secondary N) is 1. The molecule has 1 aliphatic rings. The number of nitrogens with two attached hydrogens (primary N) is 1. The van der Waals surface area contributed by atoms with Crippen LogP contribution in [0.2, 0.25) is 0 Å². The third-order valence-electron chi connectivity index (χ3n) is 2.61. The van der Waals surface area contributed by atoms with Crippen LogP contribution >= 0.6 is 0 Å². The van der Waals surface area contributed by atoms with Crippen LogP contribution in [0.5, 0.6) is 0 Å². The lowest BCUT2D eigenvalue weighted by Gasteiger charge is -2.29. The minimum absolute atomic E-state index is 0.0469. The Kier molecular flexibility index (Phi) is 2.32. The molecule has 1 rings (SSSR count). The zero-order chi connectivity index (χ0) is 7.61. The van der Waals surface area contributed by atoms with E-state index in [0.29, 0.717) is 5.92 Å². The van der Waals surface area contributed by atoms with Crippen molar-refractivity contribution in [2.24, 2.45) is 11.7 Å². The Morgan fingerprint density at radius 2 is 2.40 bits per heavy atom. The molecule has 2 atom stereocenters. The highest BCUT2D eigenvalue weighted by atomic mass is 15.1. The van der Waals surface area contributed by atoms with E-state index in [1.165, 1.54) is 12.8 Å². The molecule has 0 saturated heterocycles. The van der Waals surface area contributed by atoms with Crippen molar-refractivity contribution in [3.63, 3.8) is 0 Å². The van der Waals surface area contributed by atoms with Crippen molar-refractivity contribution >= 4 is 0 Å². The van der Waals surface area contributed by atoms with Crippen LogP contribution in [0.15, 0.2) is 0 Å². The molecular formula is C8H18N2. The minimum Gasteiger partial charge on any atom is -0.313 e. The molecule has 2 heteroatoms. The van der Waals surface area contributed by atoms with E-state index < -0.39 is 0 Å². The molecule has 0 radical (unpaired) electrons. The van der Waals surface area contributed by atoms with Crippen LogP contribution in [0.25, 0.3) is 0 Å². The maximum absolute atomic E-state index is 6.10. The van der Waals surface area contributed by atoms with Gasteiger partial charge in [0.2, 0.25) is 0 Å². The molecule has 1 aliphatic carbocycles. The van der Waals surface area contributed by atoms with E-state index in [1.54, 1.807) is 0 Å². The van der Waals surface area contributed by atoms with Crippen LogP contribution in [0.3, 0.4) is 0 Å². The van der Waals surface area contributed by atoms with Gasteiger partial charge in [0, 0.05) is 0 Å². The first-order valence-electron chi connectivity index (χ1n) is 4.23. The van der Waals surface area contributed by atoms with Crippen molar-refractivity contribution < 1.29 is 0 Å². The molecule has 60 valence electrons. The average molecular weight is 142 g/mol. The lowest BCUT2D eigenvalue weighted by molar-refractivity contribution is 0.273. The van der Waals surface area contributed by atoms with Crippen LogP contribution in [-0.4, -0.2) is 12.2 Å². The molecule has 0 heterocycles. The fourth-order valence-corrected chi connectivity index (χ4v) is 1.80. The van der Waals surface area contributed by atoms with Gasteiger partial charge in [-0.3, -0.25) is 5.32 Å². The minimum atomic E-state index is -0.0469. The number of hydrogen-bond donors (Lipinski definition) is 2. The third kappa shape index (κ3) is 1.32. The smallest absolute Gasteiger partial charge is 0.0688 e. The first-order valence-corrected chi connectivity index (χ1v) is 4.23. The third-order valence-corrected chi connectivity index (χ3v) is 2.61. The number of rotatable bonds is 2. The Hall–Kier alpha value is -0.0800. The summed E-state index contributed by atoms with van der Waals surface area (Å²) in [6, 6.07) is 0. The monoisotopic (exact) mass is 142 g/mol. The molecule has 3 N–H and O–H groups in total. The van der Waals surface area contributed by atoms with Gasteiger partial charge in [-0.15, -0.1) is 0 Å². The Morgan fingerprint density at radius 3 is 2.80 bits per heavy atom. The lowest BCUT2D eigenvalue weighted by atomic mass is 9.99. The van der Waals surface area contributed by atoms with E-state index >= 15 is 0 Å². The summed E-state index contributed by atoms with van der Waals surface area (Å²) in [4.78, 5) is 0. The molecule has 0 spiro atoms. The molecule has 0 aromatic rings. The van der Waals surface area contributed by atoms with Gasteiger partial charge in [0.25, 0.3) is 0 Å². The normalized spacial score (nSPS) is 40.5. The summed E-state index contributed by atoms with van der Waals surface area (Å²) in [5.74, 6) is 0.646. The topological polar surface area (TPSA) is 38.0 Å². The first-order chi connectivity index (χ1) is 4.69. The summed E-state index contributed by atoms with van der Waals surface area (Å²) in [5.41, 5.74) is 6.06. The van der Waals surface area contributed by atoms with Gasteiger partial charge >= 0.3 is 0 Å². The zero-order valence-corrected chi connectivity index (χ0v) is 6.98. The summed E-state index contributed by atoms with van der Waals surface area (Å²) >= 11 is 0. The van der Waals surface area contributed by atoms with E-state index in [-0.39, 0.29) is 5.66 Å². The van der Waals surface area contributed by atoms with Crippen LogP contribution in [0.4, 0.5) is 0 Å². The molecule has 0 bridgehead atoms. The van der Waals surface area contributed by atoms with Gasteiger partial charge in [-0.1, -0.05) is 13.8 Å². The second-order valence-electron chi connectivity index (χ2n) is 3.36.